The third kappa shape index (κ3) is 5.72. The fourth-order valence-electron chi connectivity index (χ4n) is 4.93. The predicted octanol–water partition coefficient (Wildman–Crippen LogP) is 1.59. The molecule has 3 aliphatic rings. The van der Waals surface area contributed by atoms with Crippen LogP contribution in [0.1, 0.15) is 25.7 Å². The molecule has 2 aromatic rings. The van der Waals surface area contributed by atoms with E-state index in [1.807, 2.05) is 12.3 Å². The zero-order chi connectivity index (χ0) is 26.5. The number of nitrogens with one attached hydrogen (secondary N) is 4. The molecule has 2 aromatic carbocycles. The second-order valence-electron chi connectivity index (χ2n) is 9.84. The number of amidine groups is 1. The number of anilines is 1. The standard InChI is InChI=1S/C30H36N8/c1-19-7-8-23(15-27(19)35-17-24(32)28(16-31)37-20(2)25-5-3-13-33-25)21-9-11-22(12-10-21)29-18-36-30(38-29)26-6-4-14-34-26/h7-12,15-18,25-26,33-35,37H,1-6,13-14,31-32H2/b23-21?,24-17-,28-16-,29-22?/t25-,26-/m0/s1. The van der Waals surface area contributed by atoms with Gasteiger partial charge in [0.05, 0.1) is 29.3 Å². The lowest BCUT2D eigenvalue weighted by atomic mass is 10.1. The van der Waals surface area contributed by atoms with Gasteiger partial charge in [0.1, 0.15) is 5.84 Å². The van der Waals surface area contributed by atoms with Crippen molar-refractivity contribution in [1.82, 2.24) is 16.0 Å². The van der Waals surface area contributed by atoms with Crippen molar-refractivity contribution in [2.24, 2.45) is 21.5 Å². The van der Waals surface area contributed by atoms with Crippen LogP contribution in [0.5, 0.6) is 0 Å². The summed E-state index contributed by atoms with van der Waals surface area (Å²) in [6, 6.07) is 15.0. The topological polar surface area (TPSA) is 125 Å². The Morgan fingerprint density at radius 2 is 1.74 bits per heavy atom. The summed E-state index contributed by atoms with van der Waals surface area (Å²) in [7, 11) is 0. The van der Waals surface area contributed by atoms with E-state index in [1.54, 1.807) is 6.20 Å². The lowest BCUT2D eigenvalue weighted by molar-refractivity contribution is 0.651. The summed E-state index contributed by atoms with van der Waals surface area (Å²) in [5.41, 5.74) is 15.9. The third-order valence-electron chi connectivity index (χ3n) is 7.19. The van der Waals surface area contributed by atoms with Crippen molar-refractivity contribution in [3.05, 3.63) is 99.4 Å². The van der Waals surface area contributed by atoms with Crippen LogP contribution in [-0.2, 0) is 0 Å². The van der Waals surface area contributed by atoms with Crippen LogP contribution in [0.2, 0.25) is 0 Å². The maximum Gasteiger partial charge on any atom is 0.145 e. The van der Waals surface area contributed by atoms with E-state index in [-0.39, 0.29) is 12.1 Å². The van der Waals surface area contributed by atoms with Crippen molar-refractivity contribution in [2.45, 2.75) is 37.8 Å². The molecule has 0 bridgehead atoms. The first-order valence-electron chi connectivity index (χ1n) is 13.2. The summed E-state index contributed by atoms with van der Waals surface area (Å²) in [4.78, 5) is 9.29. The minimum absolute atomic E-state index is 0.220. The third-order valence-corrected chi connectivity index (χ3v) is 7.19. The van der Waals surface area contributed by atoms with E-state index in [9.17, 15) is 0 Å². The second kappa shape index (κ2) is 11.5. The SMILES string of the molecule is C=C(NC(=C\N)/C(N)=C/Nc1cc(=c2ccc(=C3C=NC([C@@H]4CCCN4)=N3)cc2)ccc1=C)[C@@H]1CCCN1. The monoisotopic (exact) mass is 508 g/mol. The molecule has 0 radical (unpaired) electrons. The van der Waals surface area contributed by atoms with E-state index in [1.165, 1.54) is 12.6 Å². The molecule has 196 valence electrons. The van der Waals surface area contributed by atoms with E-state index >= 15 is 0 Å². The number of hydrogen-bond donors (Lipinski definition) is 6. The van der Waals surface area contributed by atoms with Crippen molar-refractivity contribution < 1.29 is 0 Å². The molecule has 8 nitrogen and oxygen atoms in total. The van der Waals surface area contributed by atoms with Crippen molar-refractivity contribution >= 4 is 30.0 Å². The lowest BCUT2D eigenvalue weighted by Gasteiger charge is -2.18. The Kier molecular flexibility index (Phi) is 7.72. The number of nitrogens with two attached hydrogens (primary N) is 2. The molecule has 2 atom stereocenters. The molecule has 0 unspecified atom stereocenters. The summed E-state index contributed by atoms with van der Waals surface area (Å²) < 4.78 is 0. The van der Waals surface area contributed by atoms with E-state index in [2.05, 4.69) is 75.8 Å². The Bertz CT molecular complexity index is 1510. The highest BCUT2D eigenvalue weighted by Crippen LogP contribution is 2.15. The summed E-state index contributed by atoms with van der Waals surface area (Å²) in [6.45, 7) is 10.3. The number of benzene rings is 2. The maximum absolute atomic E-state index is 6.33. The van der Waals surface area contributed by atoms with Gasteiger partial charge in [0.2, 0.25) is 0 Å². The summed E-state index contributed by atoms with van der Waals surface area (Å²) in [5, 5.41) is 17.5. The first-order valence-corrected chi connectivity index (χ1v) is 13.2. The minimum Gasteiger partial charge on any atom is -0.403 e. The molecule has 0 saturated carbocycles. The predicted molar refractivity (Wildman–Crippen MR) is 157 cm³/mol. The van der Waals surface area contributed by atoms with Crippen LogP contribution in [0, 0.1) is 10.4 Å². The number of nitrogens with zero attached hydrogens (tertiary/aromatic N) is 2. The molecule has 0 spiro atoms. The number of rotatable bonds is 7. The smallest absolute Gasteiger partial charge is 0.145 e. The molecule has 2 fully saturated rings. The first kappa shape index (κ1) is 25.5. The molecule has 0 aromatic heterocycles. The molecular formula is C30H36N8. The largest absolute Gasteiger partial charge is 0.403 e. The quantitative estimate of drug-likeness (QED) is 0.316. The van der Waals surface area contributed by atoms with Gasteiger partial charge in [-0.2, -0.15) is 0 Å². The molecule has 2 saturated heterocycles. The Morgan fingerprint density at radius 1 is 1.00 bits per heavy atom. The number of hydrogen-bond acceptors (Lipinski definition) is 8. The summed E-state index contributed by atoms with van der Waals surface area (Å²) in [6.07, 6.45) is 9.48. The van der Waals surface area contributed by atoms with Crippen LogP contribution in [0.15, 0.2) is 88.5 Å². The van der Waals surface area contributed by atoms with Gasteiger partial charge in [-0.1, -0.05) is 49.6 Å². The zero-order valence-electron chi connectivity index (χ0n) is 21.6. The van der Waals surface area contributed by atoms with Gasteiger partial charge < -0.3 is 32.7 Å². The summed E-state index contributed by atoms with van der Waals surface area (Å²) in [5.74, 6) is 0.887. The van der Waals surface area contributed by atoms with Crippen LogP contribution in [0.25, 0.3) is 12.3 Å². The minimum atomic E-state index is 0.220. The van der Waals surface area contributed by atoms with Crippen LogP contribution in [-0.4, -0.2) is 37.2 Å². The van der Waals surface area contributed by atoms with E-state index in [0.29, 0.717) is 11.4 Å². The van der Waals surface area contributed by atoms with Crippen molar-refractivity contribution in [2.75, 3.05) is 18.4 Å². The van der Waals surface area contributed by atoms with Gasteiger partial charge in [0, 0.05) is 35.0 Å². The van der Waals surface area contributed by atoms with Gasteiger partial charge in [-0.25, -0.2) is 9.98 Å². The molecule has 0 amide bonds. The Balaban J connectivity index is 1.35. The maximum atomic E-state index is 6.33. The average Bonchev–Trinajstić information content (AvgIpc) is 3.74. The van der Waals surface area contributed by atoms with E-state index < -0.39 is 0 Å². The highest BCUT2D eigenvalue weighted by molar-refractivity contribution is 6.16. The molecular weight excluding hydrogens is 472 g/mol. The highest BCUT2D eigenvalue weighted by atomic mass is 15.1. The Morgan fingerprint density at radius 3 is 2.45 bits per heavy atom. The molecule has 3 heterocycles. The number of aliphatic imine (C=N–C) groups is 2. The summed E-state index contributed by atoms with van der Waals surface area (Å²) >= 11 is 0. The van der Waals surface area contributed by atoms with Crippen molar-refractivity contribution in [1.29, 1.82) is 0 Å². The molecule has 5 rings (SSSR count). The fraction of sp³-hybridized carbons (Fsp3) is 0.267. The van der Waals surface area contributed by atoms with Gasteiger partial charge >= 0.3 is 0 Å². The van der Waals surface area contributed by atoms with Crippen LogP contribution < -0.4 is 43.2 Å². The van der Waals surface area contributed by atoms with E-state index in [0.717, 1.165) is 76.1 Å². The fourth-order valence-corrected chi connectivity index (χ4v) is 4.93. The van der Waals surface area contributed by atoms with Crippen LogP contribution >= 0.6 is 0 Å². The van der Waals surface area contributed by atoms with Gasteiger partial charge in [-0.05, 0) is 60.5 Å². The van der Waals surface area contributed by atoms with Crippen LogP contribution in [0.4, 0.5) is 5.69 Å². The molecule has 38 heavy (non-hydrogen) atoms. The zero-order valence-corrected chi connectivity index (χ0v) is 21.6. The van der Waals surface area contributed by atoms with Crippen molar-refractivity contribution in [3.8, 4) is 0 Å². The lowest BCUT2D eigenvalue weighted by Crippen LogP contribution is -2.32. The van der Waals surface area contributed by atoms with E-state index in [4.69, 9.17) is 16.5 Å². The normalized spacial score (nSPS) is 21.6. The molecule has 0 aliphatic carbocycles. The van der Waals surface area contributed by atoms with Crippen molar-refractivity contribution in [3.63, 3.8) is 0 Å². The van der Waals surface area contributed by atoms with Gasteiger partial charge in [0.15, 0.2) is 0 Å². The van der Waals surface area contributed by atoms with Gasteiger partial charge in [0.25, 0.3) is 0 Å². The Labute approximate surface area is 223 Å². The molecule has 3 aliphatic heterocycles. The Hall–Kier alpha value is -4.14. The van der Waals surface area contributed by atoms with Gasteiger partial charge in [-0.3, -0.25) is 0 Å². The first-order chi connectivity index (χ1) is 18.5. The van der Waals surface area contributed by atoms with Crippen LogP contribution in [0.3, 0.4) is 0 Å². The highest BCUT2D eigenvalue weighted by Gasteiger charge is 2.22. The molecule has 8 heteroatoms. The average molecular weight is 509 g/mol. The molecule has 8 N–H and O–H groups in total. The van der Waals surface area contributed by atoms with Gasteiger partial charge in [-0.15, -0.1) is 0 Å². The second-order valence-corrected chi connectivity index (χ2v) is 9.84.